The molecular formula is C50H58F2N12O2. The highest BCUT2D eigenvalue weighted by Crippen LogP contribution is 2.33. The van der Waals surface area contributed by atoms with Gasteiger partial charge >= 0.3 is 0 Å². The topological polar surface area (TPSA) is 136 Å². The van der Waals surface area contributed by atoms with Crippen molar-refractivity contribution in [2.75, 3.05) is 65.2 Å². The Morgan fingerprint density at radius 1 is 0.545 bits per heavy atom. The van der Waals surface area contributed by atoms with Gasteiger partial charge in [0.15, 0.2) is 11.6 Å². The Labute approximate surface area is 384 Å². The van der Waals surface area contributed by atoms with Crippen molar-refractivity contribution < 1.29 is 18.3 Å². The Morgan fingerprint density at radius 2 is 0.939 bits per heavy atom. The summed E-state index contributed by atoms with van der Waals surface area (Å²) in [6.07, 6.45) is 0.440. The van der Waals surface area contributed by atoms with Crippen molar-refractivity contribution in [1.82, 2.24) is 50.6 Å². The van der Waals surface area contributed by atoms with E-state index in [0.29, 0.717) is 48.6 Å². The second-order valence-corrected chi connectivity index (χ2v) is 16.5. The minimum atomic E-state index is -0.414. The number of hydrogen-bond donors (Lipinski definition) is 2. The van der Waals surface area contributed by atoms with E-state index in [-0.39, 0.29) is 11.6 Å². The molecule has 8 aromatic rings. The molecule has 0 fully saturated rings. The van der Waals surface area contributed by atoms with E-state index in [1.165, 1.54) is 12.1 Å². The highest BCUT2D eigenvalue weighted by Gasteiger charge is 2.22. The second kappa shape index (κ2) is 20.9. The number of anilines is 2. The molecule has 8 rings (SSSR count). The molecule has 4 aromatic heterocycles. The second-order valence-electron chi connectivity index (χ2n) is 16.5. The van der Waals surface area contributed by atoms with Crippen molar-refractivity contribution in [3.05, 3.63) is 143 Å². The maximum absolute atomic E-state index is 14.5. The normalized spacial score (nSPS) is 12.2. The molecule has 0 aliphatic carbocycles. The quantitative estimate of drug-likeness (QED) is 0.0960. The highest BCUT2D eigenvalue weighted by molar-refractivity contribution is 5.93. The van der Waals surface area contributed by atoms with Crippen LogP contribution in [0.4, 0.5) is 20.4 Å². The number of benzene rings is 4. The van der Waals surface area contributed by atoms with Crippen LogP contribution in [0.5, 0.6) is 11.5 Å². The van der Waals surface area contributed by atoms with Crippen LogP contribution in [0.3, 0.4) is 0 Å². The third kappa shape index (κ3) is 10.1. The van der Waals surface area contributed by atoms with Gasteiger partial charge in [0, 0.05) is 64.3 Å². The summed E-state index contributed by atoms with van der Waals surface area (Å²) in [4.78, 5) is 3.82. The molecule has 2 N–H and O–H groups in total. The van der Waals surface area contributed by atoms with Crippen LogP contribution in [0.15, 0.2) is 97.1 Å². The van der Waals surface area contributed by atoms with Gasteiger partial charge in [-0.15, -0.1) is 10.2 Å². The molecule has 0 spiro atoms. The minimum Gasteiger partial charge on any atom is -0.486 e. The van der Waals surface area contributed by atoms with Crippen molar-refractivity contribution in [3.8, 4) is 22.9 Å². The van der Waals surface area contributed by atoms with Gasteiger partial charge in [-0.1, -0.05) is 48.5 Å². The van der Waals surface area contributed by atoms with E-state index in [2.05, 4.69) is 31.0 Å². The van der Waals surface area contributed by atoms with Crippen molar-refractivity contribution in [3.63, 3.8) is 0 Å². The Morgan fingerprint density at radius 3 is 1.30 bits per heavy atom. The number of hydrogen-bond acceptors (Lipinski definition) is 12. The van der Waals surface area contributed by atoms with Crippen LogP contribution in [0.25, 0.3) is 33.2 Å². The zero-order chi connectivity index (χ0) is 47.1. The molecule has 66 heavy (non-hydrogen) atoms. The fourth-order valence-electron chi connectivity index (χ4n) is 8.01. The maximum atomic E-state index is 14.5. The van der Waals surface area contributed by atoms with Gasteiger partial charge in [-0.2, -0.15) is 20.4 Å². The molecule has 14 nitrogen and oxygen atoms in total. The van der Waals surface area contributed by atoms with Gasteiger partial charge in [0.1, 0.15) is 46.4 Å². The monoisotopic (exact) mass is 896 g/mol. The van der Waals surface area contributed by atoms with Gasteiger partial charge in [-0.3, -0.25) is 0 Å². The Bertz CT molecular complexity index is 2740. The molecule has 0 bridgehead atoms. The van der Waals surface area contributed by atoms with E-state index in [0.717, 1.165) is 67.6 Å². The molecule has 4 aromatic carbocycles. The molecule has 0 amide bonds. The van der Waals surface area contributed by atoms with Crippen LogP contribution >= 0.6 is 0 Å². The first-order valence-corrected chi connectivity index (χ1v) is 21.9. The fraction of sp³-hybridized carbons (Fsp3) is 0.320. The Hall–Kier alpha value is -7.04. The number of nitrogens with one attached hydrogen (secondary N) is 2. The van der Waals surface area contributed by atoms with Gasteiger partial charge in [0.25, 0.3) is 0 Å². The van der Waals surface area contributed by atoms with Gasteiger partial charge in [0.05, 0.1) is 44.9 Å². The predicted octanol–water partition coefficient (Wildman–Crippen LogP) is 8.73. The van der Waals surface area contributed by atoms with E-state index in [1.807, 2.05) is 150 Å². The van der Waals surface area contributed by atoms with Crippen molar-refractivity contribution >= 4 is 33.4 Å². The van der Waals surface area contributed by atoms with Crippen LogP contribution in [0.2, 0.25) is 0 Å². The lowest BCUT2D eigenvalue weighted by molar-refractivity contribution is 0.190. The predicted molar refractivity (Wildman–Crippen MR) is 258 cm³/mol. The van der Waals surface area contributed by atoms with E-state index in [9.17, 15) is 8.78 Å². The summed E-state index contributed by atoms with van der Waals surface area (Å²) < 4.78 is 45.3. The van der Waals surface area contributed by atoms with Crippen molar-refractivity contribution in [2.45, 2.75) is 52.7 Å². The van der Waals surface area contributed by atoms with Crippen LogP contribution in [0.1, 0.15) is 59.0 Å². The molecule has 0 aliphatic rings. The first kappa shape index (κ1) is 46.9. The van der Waals surface area contributed by atoms with E-state index in [1.54, 1.807) is 24.3 Å². The van der Waals surface area contributed by atoms with Crippen molar-refractivity contribution in [2.24, 2.45) is 0 Å². The average Bonchev–Trinajstić information content (AvgIpc) is 3.85. The van der Waals surface area contributed by atoms with Gasteiger partial charge < -0.3 is 29.9 Å². The SMILES string of the molecule is CNCC[C@@H](Oc1cccc(-n2nc3c(N(C)C)nnc(C)c3c2C)c1)c1ccccc1F.CNCC[C@H](Oc1cccc(-n2nc3c(N(C)C)nnc(C)c3c2C)c1)c1ccccc1F. The molecule has 344 valence electrons. The van der Waals surface area contributed by atoms with Crippen molar-refractivity contribution in [1.29, 1.82) is 0 Å². The third-order valence-corrected chi connectivity index (χ3v) is 11.3. The summed E-state index contributed by atoms with van der Waals surface area (Å²) >= 11 is 0. The minimum absolute atomic E-state index is 0.268. The lowest BCUT2D eigenvalue weighted by Crippen LogP contribution is -2.17. The zero-order valence-electron chi connectivity index (χ0n) is 39.3. The zero-order valence-corrected chi connectivity index (χ0v) is 39.3. The summed E-state index contributed by atoms with van der Waals surface area (Å²) in [5, 5.41) is 35.2. The Kier molecular flexibility index (Phi) is 14.8. The lowest BCUT2D eigenvalue weighted by atomic mass is 10.1. The number of fused-ring (bicyclic) bond motifs is 2. The molecular weight excluding hydrogens is 839 g/mol. The molecule has 0 aliphatic heterocycles. The number of aromatic nitrogens is 8. The number of ether oxygens (including phenoxy) is 2. The summed E-state index contributed by atoms with van der Waals surface area (Å²) in [5.74, 6) is 2.20. The summed E-state index contributed by atoms with van der Waals surface area (Å²) in [7, 11) is 11.5. The fourth-order valence-corrected chi connectivity index (χ4v) is 8.01. The molecule has 0 saturated carbocycles. The van der Waals surface area contributed by atoms with Gasteiger partial charge in [0.2, 0.25) is 0 Å². The first-order valence-electron chi connectivity index (χ1n) is 21.9. The standard InChI is InChI=1S/2C25H29FN6O/c2*1-16-23-17(2)32(30-24(23)25(29-28-16)31(4)5)18-9-8-10-19(15-18)33-22(13-14-27-3)20-11-6-7-12-21(20)26/h2*6-12,15,22,27H,13-14H2,1-5H3/t2*22-/m10/s1. The third-order valence-electron chi connectivity index (χ3n) is 11.3. The smallest absolute Gasteiger partial charge is 0.179 e. The van der Waals surface area contributed by atoms with E-state index < -0.39 is 12.2 Å². The summed E-state index contributed by atoms with van der Waals surface area (Å²) in [6.45, 7) is 9.32. The van der Waals surface area contributed by atoms with E-state index in [4.69, 9.17) is 19.7 Å². The molecule has 16 heteroatoms. The largest absolute Gasteiger partial charge is 0.486 e. The highest BCUT2D eigenvalue weighted by atomic mass is 19.1. The maximum Gasteiger partial charge on any atom is 0.179 e. The lowest BCUT2D eigenvalue weighted by Gasteiger charge is -2.20. The number of rotatable bonds is 16. The van der Waals surface area contributed by atoms with Crippen LogP contribution < -0.4 is 29.9 Å². The van der Waals surface area contributed by atoms with Gasteiger partial charge in [-0.05, 0) is 91.3 Å². The van der Waals surface area contributed by atoms with Gasteiger partial charge in [-0.25, -0.2) is 18.1 Å². The molecule has 0 radical (unpaired) electrons. The van der Waals surface area contributed by atoms with Crippen LogP contribution in [0, 0.1) is 39.3 Å². The number of nitrogens with zero attached hydrogens (tertiary/aromatic N) is 10. The summed E-state index contributed by atoms with van der Waals surface area (Å²) in [6, 6.07) is 28.9. The molecule has 4 heterocycles. The molecule has 2 atom stereocenters. The summed E-state index contributed by atoms with van der Waals surface area (Å²) in [5.41, 5.74) is 8.00. The molecule has 0 unspecified atom stereocenters. The average molecular weight is 897 g/mol. The van der Waals surface area contributed by atoms with Crippen LogP contribution in [-0.2, 0) is 0 Å². The van der Waals surface area contributed by atoms with Crippen LogP contribution in [-0.4, -0.2) is 95.3 Å². The van der Waals surface area contributed by atoms with E-state index >= 15 is 0 Å². The number of halogens is 2. The first-order chi connectivity index (χ1) is 31.8. The number of aryl methyl sites for hydroxylation is 4. The Balaban J connectivity index is 0.000000196. The molecule has 0 saturated heterocycles.